The first-order chi connectivity index (χ1) is 15.2. The lowest BCUT2D eigenvalue weighted by Crippen LogP contribution is -2.42. The van der Waals surface area contributed by atoms with Gasteiger partial charge in [-0.3, -0.25) is 9.36 Å². The Bertz CT molecular complexity index is 1270. The number of aromatic nitrogens is 4. The highest BCUT2D eigenvalue weighted by Crippen LogP contribution is 2.32. The fourth-order valence-corrected chi connectivity index (χ4v) is 4.38. The molecule has 32 heavy (non-hydrogen) atoms. The molecule has 2 aromatic heterocycles. The number of carbonyl (C=O) groups excluding carboxylic acids is 1. The molecule has 0 bridgehead atoms. The van der Waals surface area contributed by atoms with E-state index >= 15 is 4.39 Å². The Kier molecular flexibility index (Phi) is 4.72. The fraction of sp³-hybridized carbons (Fsp3) is 0.429. The second kappa shape index (κ2) is 7.35. The highest BCUT2D eigenvalue weighted by atomic mass is 19.3. The topological polar surface area (TPSA) is 76.3 Å². The monoisotopic (exact) mass is 446 g/mol. The van der Waals surface area contributed by atoms with Gasteiger partial charge in [-0.2, -0.15) is 5.10 Å². The van der Waals surface area contributed by atoms with Crippen molar-refractivity contribution in [3.05, 3.63) is 52.1 Å². The second-order valence-electron chi connectivity index (χ2n) is 8.23. The van der Waals surface area contributed by atoms with Crippen molar-refractivity contribution in [1.82, 2.24) is 24.2 Å². The standard InChI is InChI=1S/C21H21F3N6O2/c1-27-20(32)30-9-8-29(12-16(30)26-27)18-17-13(2-5-25-18)10-14(11-15(17)22)19(31)28-6-3-21(23,24)4-7-28/h2,5,10-11H,3-4,6-9,12H2,1H3. The van der Waals surface area contributed by atoms with Gasteiger partial charge < -0.3 is 9.80 Å². The van der Waals surface area contributed by atoms with E-state index in [0.717, 1.165) is 6.07 Å². The van der Waals surface area contributed by atoms with Gasteiger partial charge >= 0.3 is 5.69 Å². The smallest absolute Gasteiger partial charge is 0.345 e. The van der Waals surface area contributed by atoms with Crippen molar-refractivity contribution in [2.75, 3.05) is 24.5 Å². The number of nitrogens with zero attached hydrogens (tertiary/aromatic N) is 6. The van der Waals surface area contributed by atoms with Crippen LogP contribution in [0.5, 0.6) is 0 Å². The average Bonchev–Trinajstić information content (AvgIpc) is 3.05. The molecule has 11 heteroatoms. The predicted molar refractivity (Wildman–Crippen MR) is 110 cm³/mol. The molecule has 0 aliphatic carbocycles. The number of rotatable bonds is 2. The van der Waals surface area contributed by atoms with Crippen LogP contribution < -0.4 is 10.6 Å². The number of benzene rings is 1. The fourth-order valence-electron chi connectivity index (χ4n) is 4.38. The summed E-state index contributed by atoms with van der Waals surface area (Å²) in [6, 6.07) is 4.33. The molecule has 1 saturated heterocycles. The molecule has 1 amide bonds. The Morgan fingerprint density at radius 2 is 1.88 bits per heavy atom. The quantitative estimate of drug-likeness (QED) is 0.603. The molecule has 0 N–H and O–H groups in total. The van der Waals surface area contributed by atoms with Crippen LogP contribution in [0.15, 0.2) is 29.2 Å². The van der Waals surface area contributed by atoms with Gasteiger partial charge in [0, 0.05) is 57.8 Å². The number of likely N-dealkylation sites (tertiary alicyclic amines) is 1. The third-order valence-electron chi connectivity index (χ3n) is 6.13. The summed E-state index contributed by atoms with van der Waals surface area (Å²) >= 11 is 0. The highest BCUT2D eigenvalue weighted by Gasteiger charge is 2.36. The van der Waals surface area contributed by atoms with Crippen molar-refractivity contribution in [3.63, 3.8) is 0 Å². The number of hydrogen-bond donors (Lipinski definition) is 0. The van der Waals surface area contributed by atoms with E-state index in [9.17, 15) is 18.4 Å². The van der Waals surface area contributed by atoms with E-state index in [-0.39, 0.29) is 29.7 Å². The minimum Gasteiger partial charge on any atom is -0.347 e. The van der Waals surface area contributed by atoms with E-state index < -0.39 is 30.5 Å². The molecule has 0 spiro atoms. The van der Waals surface area contributed by atoms with Crippen LogP contribution in [0.3, 0.4) is 0 Å². The van der Waals surface area contributed by atoms with E-state index in [1.807, 2.05) is 4.90 Å². The van der Waals surface area contributed by atoms with E-state index in [1.165, 1.54) is 15.8 Å². The number of anilines is 1. The van der Waals surface area contributed by atoms with Crippen molar-refractivity contribution >= 4 is 22.5 Å². The van der Waals surface area contributed by atoms with Crippen molar-refractivity contribution in [2.24, 2.45) is 7.05 Å². The van der Waals surface area contributed by atoms with Crippen molar-refractivity contribution < 1.29 is 18.0 Å². The van der Waals surface area contributed by atoms with Crippen LogP contribution in [0.2, 0.25) is 0 Å². The molecule has 0 atom stereocenters. The summed E-state index contributed by atoms with van der Waals surface area (Å²) in [5.41, 5.74) is -0.0788. The molecule has 0 unspecified atom stereocenters. The van der Waals surface area contributed by atoms with Crippen LogP contribution in [0.25, 0.3) is 10.8 Å². The van der Waals surface area contributed by atoms with Gasteiger partial charge in [-0.1, -0.05) is 0 Å². The lowest BCUT2D eigenvalue weighted by atomic mass is 10.0. The molecule has 4 heterocycles. The highest BCUT2D eigenvalue weighted by molar-refractivity contribution is 6.01. The van der Waals surface area contributed by atoms with Crippen LogP contribution >= 0.6 is 0 Å². The van der Waals surface area contributed by atoms with Gasteiger partial charge in [0.25, 0.3) is 11.8 Å². The summed E-state index contributed by atoms with van der Waals surface area (Å²) in [5, 5.41) is 4.98. The number of aryl methyl sites for hydroxylation is 1. The van der Waals surface area contributed by atoms with Crippen LogP contribution in [0.4, 0.5) is 19.0 Å². The van der Waals surface area contributed by atoms with Crippen LogP contribution in [-0.4, -0.2) is 55.7 Å². The molecule has 1 aromatic carbocycles. The number of carbonyl (C=O) groups is 1. The Balaban J connectivity index is 1.47. The minimum atomic E-state index is -2.76. The third-order valence-corrected chi connectivity index (χ3v) is 6.13. The number of hydrogen-bond acceptors (Lipinski definition) is 5. The number of amides is 1. The lowest BCUT2D eigenvalue weighted by molar-refractivity contribution is -0.0494. The molecule has 168 valence electrons. The van der Waals surface area contributed by atoms with E-state index in [1.54, 1.807) is 23.7 Å². The zero-order valence-corrected chi connectivity index (χ0v) is 17.4. The number of fused-ring (bicyclic) bond motifs is 2. The minimum absolute atomic E-state index is 0.0629. The maximum atomic E-state index is 15.2. The van der Waals surface area contributed by atoms with Crippen molar-refractivity contribution in [2.45, 2.75) is 31.9 Å². The van der Waals surface area contributed by atoms with E-state index in [4.69, 9.17) is 0 Å². The van der Waals surface area contributed by atoms with Gasteiger partial charge in [-0.25, -0.2) is 27.6 Å². The normalized spacial score (nSPS) is 18.1. The SMILES string of the molecule is Cn1nc2n(c1=O)CCN(c1nccc3cc(C(=O)N4CCC(F)(F)CC4)cc(F)c13)C2. The van der Waals surface area contributed by atoms with Gasteiger partial charge in [-0.05, 0) is 23.6 Å². The molecule has 0 saturated carbocycles. The molecule has 8 nitrogen and oxygen atoms in total. The Morgan fingerprint density at radius 3 is 2.62 bits per heavy atom. The van der Waals surface area contributed by atoms with Crippen molar-refractivity contribution in [3.8, 4) is 0 Å². The maximum Gasteiger partial charge on any atom is 0.345 e. The lowest BCUT2D eigenvalue weighted by Gasteiger charge is -2.32. The number of pyridine rings is 1. The van der Waals surface area contributed by atoms with Crippen LogP contribution in [-0.2, 0) is 20.1 Å². The summed E-state index contributed by atoms with van der Waals surface area (Å²) in [5.74, 6) is -2.87. The van der Waals surface area contributed by atoms with E-state index in [2.05, 4.69) is 10.1 Å². The average molecular weight is 446 g/mol. The molecular weight excluding hydrogens is 425 g/mol. The Labute approximate surface area is 180 Å². The van der Waals surface area contributed by atoms with Gasteiger partial charge in [0.2, 0.25) is 0 Å². The zero-order valence-electron chi connectivity index (χ0n) is 17.4. The first kappa shape index (κ1) is 20.5. The molecule has 3 aromatic rings. The van der Waals surface area contributed by atoms with Gasteiger partial charge in [-0.15, -0.1) is 0 Å². The first-order valence-corrected chi connectivity index (χ1v) is 10.4. The second-order valence-corrected chi connectivity index (χ2v) is 8.23. The molecule has 2 aliphatic heterocycles. The summed E-state index contributed by atoms with van der Waals surface area (Å²) < 4.78 is 44.9. The third kappa shape index (κ3) is 3.41. The number of piperidine rings is 1. The van der Waals surface area contributed by atoms with Crippen LogP contribution in [0.1, 0.15) is 29.0 Å². The maximum absolute atomic E-state index is 15.2. The summed E-state index contributed by atoms with van der Waals surface area (Å²) in [7, 11) is 1.58. The molecule has 1 fully saturated rings. The molecule has 5 rings (SSSR count). The first-order valence-electron chi connectivity index (χ1n) is 10.4. The Hall–Kier alpha value is -3.37. The summed E-state index contributed by atoms with van der Waals surface area (Å²) in [4.78, 5) is 32.4. The van der Waals surface area contributed by atoms with Crippen molar-refractivity contribution in [1.29, 1.82) is 0 Å². The molecular formula is C21H21F3N6O2. The van der Waals surface area contributed by atoms with Gasteiger partial charge in [0.15, 0.2) is 5.82 Å². The molecule has 0 radical (unpaired) electrons. The summed E-state index contributed by atoms with van der Waals surface area (Å²) in [6.07, 6.45) is 0.750. The zero-order chi connectivity index (χ0) is 22.6. The largest absolute Gasteiger partial charge is 0.347 e. The van der Waals surface area contributed by atoms with Crippen LogP contribution in [0, 0.1) is 5.82 Å². The predicted octanol–water partition coefficient (Wildman–Crippen LogP) is 2.16. The number of halogens is 3. The molecule has 2 aliphatic rings. The number of alkyl halides is 2. The summed E-state index contributed by atoms with van der Waals surface area (Å²) in [6.45, 7) is 1.02. The Morgan fingerprint density at radius 1 is 1.12 bits per heavy atom. The van der Waals surface area contributed by atoms with E-state index in [0.29, 0.717) is 36.7 Å². The van der Waals surface area contributed by atoms with Gasteiger partial charge in [0.05, 0.1) is 11.9 Å². The van der Waals surface area contributed by atoms with Gasteiger partial charge in [0.1, 0.15) is 11.6 Å².